The van der Waals surface area contributed by atoms with Gasteiger partial charge in [-0.15, -0.1) is 0 Å². The van der Waals surface area contributed by atoms with Crippen LogP contribution in [-0.4, -0.2) is 52.0 Å². The molecule has 0 bridgehead atoms. The molecule has 2 aliphatic rings. The van der Waals surface area contributed by atoms with Crippen LogP contribution in [0.3, 0.4) is 0 Å². The maximum absolute atomic E-state index is 12.9. The van der Waals surface area contributed by atoms with Crippen LogP contribution in [0.25, 0.3) is 0 Å². The second-order valence-corrected chi connectivity index (χ2v) is 7.55. The Bertz CT molecular complexity index is 935. The summed E-state index contributed by atoms with van der Waals surface area (Å²) in [6.45, 7) is 0.967. The molecule has 2 fully saturated rings. The van der Waals surface area contributed by atoms with Crippen LogP contribution in [-0.2, 0) is 6.18 Å². The number of carbonyl (C=O) groups excluding carboxylic acids is 2. The zero-order valence-corrected chi connectivity index (χ0v) is 16.1. The van der Waals surface area contributed by atoms with E-state index in [1.807, 2.05) is 4.90 Å². The smallest absolute Gasteiger partial charge is 0.336 e. The Morgan fingerprint density at radius 1 is 1.07 bits per heavy atom. The van der Waals surface area contributed by atoms with E-state index in [-0.39, 0.29) is 23.7 Å². The number of halogens is 3. The largest absolute Gasteiger partial charge is 0.416 e. The average molecular weight is 418 g/mol. The van der Waals surface area contributed by atoms with Crippen molar-refractivity contribution in [1.82, 2.24) is 20.1 Å². The Balaban J connectivity index is 1.44. The quantitative estimate of drug-likeness (QED) is 0.832. The molecule has 2 aliphatic heterocycles. The summed E-state index contributed by atoms with van der Waals surface area (Å²) in [5.41, 5.74) is -0.390. The molecule has 2 amide bonds. The first-order valence-electron chi connectivity index (χ1n) is 9.76. The monoisotopic (exact) mass is 418 g/mol. The molecular formula is C21H21F3N4O2. The van der Waals surface area contributed by atoms with Crippen molar-refractivity contribution in [3.8, 4) is 0 Å². The second kappa shape index (κ2) is 8.06. The molecule has 6 nitrogen and oxygen atoms in total. The van der Waals surface area contributed by atoms with E-state index in [0.717, 1.165) is 25.0 Å². The maximum Gasteiger partial charge on any atom is 0.416 e. The van der Waals surface area contributed by atoms with Gasteiger partial charge in [0.1, 0.15) is 0 Å². The van der Waals surface area contributed by atoms with Crippen LogP contribution in [0.4, 0.5) is 13.2 Å². The van der Waals surface area contributed by atoms with Gasteiger partial charge in [0, 0.05) is 30.5 Å². The average Bonchev–Trinajstić information content (AvgIpc) is 3.15. The molecule has 0 spiro atoms. The first-order chi connectivity index (χ1) is 14.3. The van der Waals surface area contributed by atoms with Gasteiger partial charge in [-0.05, 0) is 49.6 Å². The number of hydrogen-bond donors (Lipinski definition) is 1. The highest BCUT2D eigenvalue weighted by Crippen LogP contribution is 2.31. The van der Waals surface area contributed by atoms with Gasteiger partial charge in [0.2, 0.25) is 0 Å². The van der Waals surface area contributed by atoms with Gasteiger partial charge in [0.05, 0.1) is 24.0 Å². The van der Waals surface area contributed by atoms with Crippen molar-refractivity contribution in [2.75, 3.05) is 13.2 Å². The number of carbonyl (C=O) groups is 2. The number of nitrogens with one attached hydrogen (secondary N) is 1. The van der Waals surface area contributed by atoms with E-state index in [4.69, 9.17) is 0 Å². The van der Waals surface area contributed by atoms with Gasteiger partial charge in [-0.25, -0.2) is 0 Å². The number of nitrogens with zero attached hydrogens (tertiary/aromatic N) is 3. The van der Waals surface area contributed by atoms with Crippen LogP contribution in [0.5, 0.6) is 0 Å². The van der Waals surface area contributed by atoms with Gasteiger partial charge < -0.3 is 10.2 Å². The molecule has 2 atom stereocenters. The van der Waals surface area contributed by atoms with Crippen LogP contribution in [0.1, 0.15) is 45.5 Å². The Labute approximate surface area is 171 Å². The van der Waals surface area contributed by atoms with Gasteiger partial charge >= 0.3 is 6.18 Å². The highest BCUT2D eigenvalue weighted by Gasteiger charge is 2.39. The summed E-state index contributed by atoms with van der Waals surface area (Å²) in [5.74, 6) is -0.682. The van der Waals surface area contributed by atoms with Crippen molar-refractivity contribution in [2.45, 2.75) is 37.6 Å². The second-order valence-electron chi connectivity index (χ2n) is 7.55. The number of alkyl halides is 3. The first kappa shape index (κ1) is 20.3. The molecule has 1 N–H and O–H groups in total. The number of pyridine rings is 1. The minimum Gasteiger partial charge on any atom is -0.336 e. The van der Waals surface area contributed by atoms with E-state index < -0.39 is 17.6 Å². The number of fused-ring (bicyclic) bond motifs is 1. The molecule has 0 unspecified atom stereocenters. The molecule has 1 aromatic carbocycles. The first-order valence-corrected chi connectivity index (χ1v) is 9.76. The van der Waals surface area contributed by atoms with Crippen molar-refractivity contribution in [3.63, 3.8) is 0 Å². The predicted octanol–water partition coefficient (Wildman–Crippen LogP) is 3.12. The molecule has 3 heterocycles. The van der Waals surface area contributed by atoms with Crippen LogP contribution < -0.4 is 5.32 Å². The summed E-state index contributed by atoms with van der Waals surface area (Å²) in [4.78, 5) is 33.1. The summed E-state index contributed by atoms with van der Waals surface area (Å²) < 4.78 is 38.8. The number of rotatable bonds is 3. The van der Waals surface area contributed by atoms with E-state index in [2.05, 4.69) is 10.3 Å². The van der Waals surface area contributed by atoms with E-state index in [1.165, 1.54) is 18.3 Å². The zero-order valence-electron chi connectivity index (χ0n) is 16.1. The lowest BCUT2D eigenvalue weighted by Crippen LogP contribution is -2.56. The summed E-state index contributed by atoms with van der Waals surface area (Å²) in [5, 5.41) is 2.84. The molecule has 9 heteroatoms. The van der Waals surface area contributed by atoms with Crippen LogP contribution in [0, 0.1) is 0 Å². The SMILES string of the molecule is O=C(N[C@@H]1CC[C@H]2CCN(C(=O)c3cccnc3)CN21)c1cccc(C(F)(F)F)c1. The van der Waals surface area contributed by atoms with Gasteiger partial charge in [-0.3, -0.25) is 19.5 Å². The lowest BCUT2D eigenvalue weighted by molar-refractivity contribution is -0.137. The van der Waals surface area contributed by atoms with Crippen molar-refractivity contribution in [1.29, 1.82) is 0 Å². The standard InChI is InChI=1S/C21H21F3N4O2/c22-21(23,24)16-5-1-3-14(11-16)19(29)26-18-7-6-17-8-10-27(13-28(17)18)20(30)15-4-2-9-25-12-15/h1-5,9,11-12,17-18H,6-8,10,13H2,(H,26,29)/t17-,18-/m0/s1. The Kier molecular flexibility index (Phi) is 5.46. The molecule has 158 valence electrons. The fourth-order valence-corrected chi connectivity index (χ4v) is 4.10. The Hall–Kier alpha value is -2.94. The Morgan fingerprint density at radius 3 is 2.60 bits per heavy atom. The number of aromatic nitrogens is 1. The molecule has 30 heavy (non-hydrogen) atoms. The highest BCUT2D eigenvalue weighted by atomic mass is 19.4. The zero-order chi connectivity index (χ0) is 21.3. The van der Waals surface area contributed by atoms with E-state index in [0.29, 0.717) is 25.2 Å². The lowest BCUT2D eigenvalue weighted by atomic mass is 10.1. The molecule has 2 aromatic rings. The van der Waals surface area contributed by atoms with Crippen molar-refractivity contribution < 1.29 is 22.8 Å². The molecule has 0 radical (unpaired) electrons. The topological polar surface area (TPSA) is 65.5 Å². The highest BCUT2D eigenvalue weighted by molar-refractivity contribution is 5.95. The molecule has 0 aliphatic carbocycles. The minimum absolute atomic E-state index is 0.0337. The molecule has 4 rings (SSSR count). The normalized spacial score (nSPS) is 21.9. The van der Waals surface area contributed by atoms with Crippen molar-refractivity contribution in [3.05, 3.63) is 65.5 Å². The molecular weight excluding hydrogens is 397 g/mol. The molecule has 0 saturated carbocycles. The van der Waals surface area contributed by atoms with Gasteiger partial charge in [-0.1, -0.05) is 6.07 Å². The third kappa shape index (κ3) is 4.16. The lowest BCUT2D eigenvalue weighted by Gasteiger charge is -2.40. The van der Waals surface area contributed by atoms with E-state index >= 15 is 0 Å². The fourth-order valence-electron chi connectivity index (χ4n) is 4.10. The fraction of sp³-hybridized carbons (Fsp3) is 0.381. The minimum atomic E-state index is -4.51. The van der Waals surface area contributed by atoms with Gasteiger partial charge in [0.25, 0.3) is 11.8 Å². The predicted molar refractivity (Wildman–Crippen MR) is 102 cm³/mol. The van der Waals surface area contributed by atoms with Crippen LogP contribution >= 0.6 is 0 Å². The third-order valence-electron chi connectivity index (χ3n) is 5.65. The summed E-state index contributed by atoms with van der Waals surface area (Å²) in [7, 11) is 0. The summed E-state index contributed by atoms with van der Waals surface area (Å²) in [6.07, 6.45) is 0.610. The van der Waals surface area contributed by atoms with Crippen LogP contribution in [0.15, 0.2) is 48.8 Å². The van der Waals surface area contributed by atoms with Crippen molar-refractivity contribution in [2.24, 2.45) is 0 Å². The van der Waals surface area contributed by atoms with E-state index in [1.54, 1.807) is 23.2 Å². The Morgan fingerprint density at radius 2 is 1.87 bits per heavy atom. The third-order valence-corrected chi connectivity index (χ3v) is 5.65. The summed E-state index contributed by atoms with van der Waals surface area (Å²) in [6, 6.07) is 8.03. The van der Waals surface area contributed by atoms with Crippen molar-refractivity contribution >= 4 is 11.8 Å². The number of benzene rings is 1. The molecule has 2 saturated heterocycles. The van der Waals surface area contributed by atoms with Gasteiger partial charge in [0.15, 0.2) is 0 Å². The van der Waals surface area contributed by atoms with Gasteiger partial charge in [-0.2, -0.15) is 13.2 Å². The molecule has 1 aromatic heterocycles. The van der Waals surface area contributed by atoms with Crippen LogP contribution in [0.2, 0.25) is 0 Å². The number of amides is 2. The van der Waals surface area contributed by atoms with E-state index in [9.17, 15) is 22.8 Å². The summed E-state index contributed by atoms with van der Waals surface area (Å²) >= 11 is 0. The number of hydrogen-bond acceptors (Lipinski definition) is 4. The maximum atomic E-state index is 12.9.